The van der Waals surface area contributed by atoms with Crippen LogP contribution in [-0.4, -0.2) is 64.4 Å². The van der Waals surface area contributed by atoms with Gasteiger partial charge in [0.1, 0.15) is 28.5 Å². The van der Waals surface area contributed by atoms with E-state index in [1.165, 1.54) is 17.5 Å². The third-order valence-corrected chi connectivity index (χ3v) is 7.06. The number of aromatic nitrogens is 4. The van der Waals surface area contributed by atoms with E-state index in [4.69, 9.17) is 15.5 Å². The van der Waals surface area contributed by atoms with Crippen LogP contribution >= 0.6 is 0 Å². The minimum atomic E-state index is -0.373. The number of methoxy groups -OCH3 is 1. The van der Waals surface area contributed by atoms with Gasteiger partial charge in [0.15, 0.2) is 0 Å². The third-order valence-electron chi connectivity index (χ3n) is 7.06. The molecule has 4 heterocycles. The number of pyridine rings is 2. The number of hydrogen-bond donors (Lipinski definition) is 2. The molecule has 1 aliphatic carbocycles. The van der Waals surface area contributed by atoms with Gasteiger partial charge in [-0.05, 0) is 42.5 Å². The zero-order valence-corrected chi connectivity index (χ0v) is 19.6. The average molecular weight is 470 g/mol. The lowest BCUT2D eigenvalue weighted by Crippen LogP contribution is -2.50. The number of benzene rings is 1. The van der Waals surface area contributed by atoms with Crippen molar-refractivity contribution < 1.29 is 9.53 Å². The van der Waals surface area contributed by atoms with Crippen LogP contribution in [0.5, 0.6) is 5.75 Å². The Bertz CT molecular complexity index is 1410. The lowest BCUT2D eigenvalue weighted by atomic mass is 9.99. The van der Waals surface area contributed by atoms with Crippen LogP contribution in [0.3, 0.4) is 0 Å². The van der Waals surface area contributed by atoms with Crippen molar-refractivity contribution in [1.29, 1.82) is 0 Å². The number of nitrogens with two attached hydrogens (primary N) is 1. The fourth-order valence-electron chi connectivity index (χ4n) is 5.19. The molecule has 0 radical (unpaired) electrons. The number of amides is 2. The average Bonchev–Trinajstić information content (AvgIpc) is 3.55. The summed E-state index contributed by atoms with van der Waals surface area (Å²) in [7, 11) is 1.68. The van der Waals surface area contributed by atoms with Gasteiger partial charge in [-0.15, -0.1) is 0 Å². The zero-order valence-electron chi connectivity index (χ0n) is 19.6. The number of piperazine rings is 1. The Morgan fingerprint density at radius 3 is 2.69 bits per heavy atom. The SMILES string of the molecule is COc1cc2[nH]nc(-c3ccc(N4CCN(C(N)=O)CC4)nc3)c2nc1-c1cccc2c1CCC2. The molecule has 0 bridgehead atoms. The molecule has 3 N–H and O–H groups in total. The second-order valence-corrected chi connectivity index (χ2v) is 9.02. The fourth-order valence-corrected chi connectivity index (χ4v) is 5.19. The number of primary amides is 1. The fraction of sp³-hybridized carbons (Fsp3) is 0.308. The van der Waals surface area contributed by atoms with E-state index >= 15 is 0 Å². The van der Waals surface area contributed by atoms with Crippen LogP contribution in [-0.2, 0) is 12.8 Å². The highest BCUT2D eigenvalue weighted by atomic mass is 16.5. The summed E-state index contributed by atoms with van der Waals surface area (Å²) in [6.45, 7) is 2.60. The monoisotopic (exact) mass is 469 g/mol. The van der Waals surface area contributed by atoms with Crippen molar-refractivity contribution in [2.24, 2.45) is 5.73 Å². The molecule has 1 aromatic carbocycles. The van der Waals surface area contributed by atoms with Gasteiger partial charge in [0.05, 0.1) is 12.6 Å². The van der Waals surface area contributed by atoms with Gasteiger partial charge in [-0.2, -0.15) is 5.10 Å². The van der Waals surface area contributed by atoms with Crippen molar-refractivity contribution in [3.8, 4) is 28.3 Å². The Morgan fingerprint density at radius 1 is 1.09 bits per heavy atom. The first kappa shape index (κ1) is 21.4. The third kappa shape index (κ3) is 3.73. The molecule has 178 valence electrons. The van der Waals surface area contributed by atoms with Gasteiger partial charge in [0, 0.05) is 49.6 Å². The maximum absolute atomic E-state index is 11.4. The number of anilines is 1. The quantitative estimate of drug-likeness (QED) is 0.474. The summed E-state index contributed by atoms with van der Waals surface area (Å²) in [6, 6.07) is 12.1. The first-order chi connectivity index (χ1) is 17.1. The normalized spacial score (nSPS) is 15.5. The minimum Gasteiger partial charge on any atom is -0.494 e. The van der Waals surface area contributed by atoms with Crippen LogP contribution in [0, 0.1) is 0 Å². The molecule has 0 spiro atoms. The summed E-state index contributed by atoms with van der Waals surface area (Å²) in [4.78, 5) is 24.9. The van der Waals surface area contributed by atoms with E-state index in [1.807, 2.05) is 24.4 Å². The number of hydrogen-bond acceptors (Lipinski definition) is 6. The molecule has 9 heteroatoms. The summed E-state index contributed by atoms with van der Waals surface area (Å²) in [5.41, 5.74) is 13.4. The molecular formula is C26H27N7O2. The highest BCUT2D eigenvalue weighted by Gasteiger charge is 2.23. The summed E-state index contributed by atoms with van der Waals surface area (Å²) in [5, 5.41) is 7.67. The standard InChI is InChI=1S/C26H27N7O2/c1-35-21-14-20-25(29-24(21)19-7-3-5-16-4-2-6-18(16)19)23(31-30-20)17-8-9-22(28-15-17)32-10-12-33(13-11-32)26(27)34/h3,5,7-9,14-15H,2,4,6,10-13H2,1H3,(H2,27,34)(H,30,31). The van der Waals surface area contributed by atoms with Crippen LogP contribution in [0.25, 0.3) is 33.5 Å². The van der Waals surface area contributed by atoms with E-state index < -0.39 is 0 Å². The van der Waals surface area contributed by atoms with E-state index in [0.717, 1.165) is 58.0 Å². The number of aromatic amines is 1. The van der Waals surface area contributed by atoms with Crippen molar-refractivity contribution in [2.75, 3.05) is 38.2 Å². The first-order valence-corrected chi connectivity index (χ1v) is 11.9. The van der Waals surface area contributed by atoms with Crippen LogP contribution in [0.2, 0.25) is 0 Å². The van der Waals surface area contributed by atoms with Crippen molar-refractivity contribution in [3.05, 3.63) is 53.7 Å². The van der Waals surface area contributed by atoms with Crippen LogP contribution in [0.1, 0.15) is 17.5 Å². The van der Waals surface area contributed by atoms with Crippen molar-refractivity contribution in [2.45, 2.75) is 19.3 Å². The smallest absolute Gasteiger partial charge is 0.314 e. The molecule has 1 saturated heterocycles. The van der Waals surface area contributed by atoms with E-state index in [1.54, 1.807) is 12.0 Å². The molecule has 0 saturated carbocycles. The summed E-state index contributed by atoms with van der Waals surface area (Å²) in [6.07, 6.45) is 5.17. The van der Waals surface area contributed by atoms with Crippen molar-refractivity contribution in [3.63, 3.8) is 0 Å². The predicted octanol–water partition coefficient (Wildman–Crippen LogP) is 3.38. The number of fused-ring (bicyclic) bond motifs is 2. The molecule has 6 rings (SSSR count). The van der Waals surface area contributed by atoms with Crippen molar-refractivity contribution in [1.82, 2.24) is 25.1 Å². The van der Waals surface area contributed by atoms with E-state index in [0.29, 0.717) is 26.2 Å². The summed E-state index contributed by atoms with van der Waals surface area (Å²) >= 11 is 0. The Morgan fingerprint density at radius 2 is 1.94 bits per heavy atom. The van der Waals surface area contributed by atoms with Gasteiger partial charge in [-0.1, -0.05) is 18.2 Å². The molecule has 0 unspecified atom stereocenters. The van der Waals surface area contributed by atoms with Crippen LogP contribution < -0.4 is 15.4 Å². The van der Waals surface area contributed by atoms with Gasteiger partial charge in [-0.25, -0.2) is 14.8 Å². The maximum Gasteiger partial charge on any atom is 0.314 e. The highest BCUT2D eigenvalue weighted by molar-refractivity contribution is 5.93. The maximum atomic E-state index is 11.4. The minimum absolute atomic E-state index is 0.373. The van der Waals surface area contributed by atoms with Gasteiger partial charge in [-0.3, -0.25) is 5.10 Å². The largest absolute Gasteiger partial charge is 0.494 e. The zero-order chi connectivity index (χ0) is 23.9. The second kappa shape index (κ2) is 8.57. The molecule has 4 aromatic rings. The Kier molecular flexibility index (Phi) is 5.24. The number of urea groups is 1. The van der Waals surface area contributed by atoms with E-state index in [2.05, 4.69) is 38.3 Å². The molecule has 3 aromatic heterocycles. The Hall–Kier alpha value is -4.14. The molecule has 9 nitrogen and oxygen atoms in total. The molecule has 0 atom stereocenters. The number of nitrogens with one attached hydrogen (secondary N) is 1. The number of carbonyl (C=O) groups excluding carboxylic acids is 1. The lowest BCUT2D eigenvalue weighted by molar-refractivity contribution is 0.204. The molecule has 1 fully saturated rings. The molecular weight excluding hydrogens is 442 g/mol. The Balaban J connectivity index is 1.34. The number of ether oxygens (including phenoxy) is 1. The van der Waals surface area contributed by atoms with Gasteiger partial charge >= 0.3 is 6.03 Å². The summed E-state index contributed by atoms with van der Waals surface area (Å²) in [5.74, 6) is 1.60. The topological polar surface area (TPSA) is 113 Å². The van der Waals surface area contributed by atoms with E-state index in [-0.39, 0.29) is 6.03 Å². The molecule has 2 amide bonds. The molecule has 35 heavy (non-hydrogen) atoms. The molecule has 2 aliphatic rings. The first-order valence-electron chi connectivity index (χ1n) is 11.9. The highest BCUT2D eigenvalue weighted by Crippen LogP contribution is 2.38. The Labute approximate surface area is 202 Å². The lowest BCUT2D eigenvalue weighted by Gasteiger charge is -2.34. The van der Waals surface area contributed by atoms with Gasteiger partial charge in [0.25, 0.3) is 0 Å². The van der Waals surface area contributed by atoms with Crippen molar-refractivity contribution >= 4 is 22.9 Å². The predicted molar refractivity (Wildman–Crippen MR) is 135 cm³/mol. The van der Waals surface area contributed by atoms with Gasteiger partial charge in [0.2, 0.25) is 0 Å². The van der Waals surface area contributed by atoms with Crippen LogP contribution in [0.4, 0.5) is 10.6 Å². The number of aryl methyl sites for hydroxylation is 1. The number of carbonyl (C=O) groups is 1. The second-order valence-electron chi connectivity index (χ2n) is 9.02. The number of nitrogens with zero attached hydrogens (tertiary/aromatic N) is 5. The number of rotatable bonds is 4. The van der Waals surface area contributed by atoms with Gasteiger partial charge < -0.3 is 20.3 Å². The molecule has 1 aliphatic heterocycles. The van der Waals surface area contributed by atoms with E-state index in [9.17, 15) is 4.79 Å². The number of H-pyrrole nitrogens is 1. The summed E-state index contributed by atoms with van der Waals surface area (Å²) < 4.78 is 5.73. The van der Waals surface area contributed by atoms with Crippen LogP contribution in [0.15, 0.2) is 42.6 Å².